The lowest BCUT2D eigenvalue weighted by molar-refractivity contribution is 0.130. The summed E-state index contributed by atoms with van der Waals surface area (Å²) in [5.74, 6) is 3.90. The van der Waals surface area contributed by atoms with Gasteiger partial charge in [0.2, 0.25) is 6.79 Å². The van der Waals surface area contributed by atoms with Crippen LogP contribution >= 0.6 is 0 Å². The van der Waals surface area contributed by atoms with Gasteiger partial charge in [-0.05, 0) is 77.6 Å². The molecule has 6 heteroatoms. The van der Waals surface area contributed by atoms with Gasteiger partial charge in [0, 0.05) is 5.92 Å². The average molecular weight is 431 g/mol. The van der Waals surface area contributed by atoms with Crippen LogP contribution in [0.2, 0.25) is 0 Å². The molecule has 5 rings (SSSR count). The van der Waals surface area contributed by atoms with E-state index in [-0.39, 0.29) is 12.7 Å². The fraction of sp³-hybridized carbons (Fsp3) is 0.269. The highest BCUT2D eigenvalue weighted by atomic mass is 16.7. The molecule has 0 unspecified atom stereocenters. The van der Waals surface area contributed by atoms with Gasteiger partial charge in [0.1, 0.15) is 18.1 Å². The first-order chi connectivity index (χ1) is 15.7. The van der Waals surface area contributed by atoms with Crippen LogP contribution in [-0.2, 0) is 11.4 Å². The average Bonchev–Trinajstić information content (AvgIpc) is 3.49. The molecule has 32 heavy (non-hydrogen) atoms. The third-order valence-corrected chi connectivity index (χ3v) is 5.91. The van der Waals surface area contributed by atoms with Gasteiger partial charge in [-0.3, -0.25) is 0 Å². The highest BCUT2D eigenvalue weighted by molar-refractivity contribution is 6.04. The summed E-state index contributed by atoms with van der Waals surface area (Å²) in [6.45, 7) is 0.676. The first-order valence-electron chi connectivity index (χ1n) is 10.6. The van der Waals surface area contributed by atoms with E-state index in [0.717, 1.165) is 46.3 Å². The Hall–Kier alpha value is -3.67. The van der Waals surface area contributed by atoms with Crippen LogP contribution in [0.3, 0.4) is 0 Å². The second-order valence-electron chi connectivity index (χ2n) is 7.89. The fourth-order valence-corrected chi connectivity index (χ4v) is 4.00. The van der Waals surface area contributed by atoms with Crippen molar-refractivity contribution < 1.29 is 23.8 Å². The molecule has 1 heterocycles. The minimum Gasteiger partial charge on any atom is -0.497 e. The first-order valence-corrected chi connectivity index (χ1v) is 10.6. The molecule has 1 fully saturated rings. The lowest BCUT2D eigenvalue weighted by Gasteiger charge is -2.09. The molecule has 1 aliphatic carbocycles. The monoisotopic (exact) mass is 431 g/mol. The summed E-state index contributed by atoms with van der Waals surface area (Å²) in [4.78, 5) is 5.80. The molecule has 2 aliphatic rings. The second kappa shape index (κ2) is 8.83. The van der Waals surface area contributed by atoms with Gasteiger partial charge in [-0.25, -0.2) is 0 Å². The number of oxime groups is 1. The molecular formula is C26H25NO5. The van der Waals surface area contributed by atoms with Crippen LogP contribution in [0.25, 0.3) is 0 Å². The number of ether oxygens (including phenoxy) is 4. The van der Waals surface area contributed by atoms with Crippen molar-refractivity contribution in [1.29, 1.82) is 0 Å². The molecule has 164 valence electrons. The molecular weight excluding hydrogens is 406 g/mol. The van der Waals surface area contributed by atoms with E-state index in [0.29, 0.717) is 12.5 Å². The van der Waals surface area contributed by atoms with Gasteiger partial charge in [0.25, 0.3) is 0 Å². The smallest absolute Gasteiger partial charge is 0.231 e. The van der Waals surface area contributed by atoms with Gasteiger partial charge in [0.15, 0.2) is 11.5 Å². The van der Waals surface area contributed by atoms with Crippen LogP contribution in [0.15, 0.2) is 71.9 Å². The zero-order valence-electron chi connectivity index (χ0n) is 18.1. The highest BCUT2D eigenvalue weighted by Crippen LogP contribution is 2.51. The second-order valence-corrected chi connectivity index (χ2v) is 7.89. The maximum Gasteiger partial charge on any atom is 0.231 e. The summed E-state index contributed by atoms with van der Waals surface area (Å²) < 4.78 is 21.5. The van der Waals surface area contributed by atoms with E-state index in [1.165, 1.54) is 5.56 Å². The molecule has 1 aliphatic heterocycles. The van der Waals surface area contributed by atoms with E-state index in [1.54, 1.807) is 14.2 Å². The van der Waals surface area contributed by atoms with Gasteiger partial charge in [0.05, 0.1) is 19.9 Å². The Kier molecular flexibility index (Phi) is 5.58. The lowest BCUT2D eigenvalue weighted by atomic mass is 10.0. The van der Waals surface area contributed by atoms with E-state index >= 15 is 0 Å². The van der Waals surface area contributed by atoms with Crippen molar-refractivity contribution >= 4 is 5.71 Å². The Labute approximate surface area is 187 Å². The van der Waals surface area contributed by atoms with Crippen LogP contribution in [-0.4, -0.2) is 26.7 Å². The predicted octanol–water partition coefficient (Wildman–Crippen LogP) is 5.16. The van der Waals surface area contributed by atoms with Gasteiger partial charge in [-0.2, -0.15) is 0 Å². The maximum atomic E-state index is 5.80. The van der Waals surface area contributed by atoms with Gasteiger partial charge < -0.3 is 23.8 Å². The van der Waals surface area contributed by atoms with Crippen molar-refractivity contribution in [3.63, 3.8) is 0 Å². The molecule has 0 bridgehead atoms. The predicted molar refractivity (Wildman–Crippen MR) is 121 cm³/mol. The van der Waals surface area contributed by atoms with Gasteiger partial charge in [-0.1, -0.05) is 23.4 Å². The summed E-state index contributed by atoms with van der Waals surface area (Å²) in [5, 5.41) is 4.59. The number of hydrogen-bond acceptors (Lipinski definition) is 6. The zero-order chi connectivity index (χ0) is 21.9. The SMILES string of the molecule is COc1ccc(CO/N=C(/c2ccc(OC)cc2)[C@@H]2C[C@H]2c2ccc3c(c2)OCO3)cc1. The van der Waals surface area contributed by atoms with Crippen LogP contribution < -0.4 is 18.9 Å². The molecule has 0 N–H and O–H groups in total. The van der Waals surface area contributed by atoms with Crippen molar-refractivity contribution in [2.75, 3.05) is 21.0 Å². The fourth-order valence-electron chi connectivity index (χ4n) is 4.00. The largest absolute Gasteiger partial charge is 0.497 e. The molecule has 6 nitrogen and oxygen atoms in total. The van der Waals surface area contributed by atoms with Crippen LogP contribution in [0.4, 0.5) is 0 Å². The topological polar surface area (TPSA) is 58.5 Å². The first kappa shape index (κ1) is 20.2. The van der Waals surface area contributed by atoms with Crippen LogP contribution in [0, 0.1) is 5.92 Å². The van der Waals surface area contributed by atoms with Crippen molar-refractivity contribution in [1.82, 2.24) is 0 Å². The number of hydrogen-bond donors (Lipinski definition) is 0. The quantitative estimate of drug-likeness (QED) is 0.364. The van der Waals surface area contributed by atoms with E-state index in [4.69, 9.17) is 23.8 Å². The normalized spacial score (nSPS) is 18.9. The Balaban J connectivity index is 1.35. The molecule has 2 atom stereocenters. The van der Waals surface area contributed by atoms with Crippen molar-refractivity contribution in [2.24, 2.45) is 11.1 Å². The van der Waals surface area contributed by atoms with Crippen LogP contribution in [0.1, 0.15) is 29.0 Å². The van der Waals surface area contributed by atoms with Crippen LogP contribution in [0.5, 0.6) is 23.0 Å². The van der Waals surface area contributed by atoms with Crippen molar-refractivity contribution in [2.45, 2.75) is 18.9 Å². The van der Waals surface area contributed by atoms with Crippen molar-refractivity contribution in [3.8, 4) is 23.0 Å². The maximum absolute atomic E-state index is 5.80. The third kappa shape index (κ3) is 4.21. The van der Waals surface area contributed by atoms with Gasteiger partial charge >= 0.3 is 0 Å². The van der Waals surface area contributed by atoms with E-state index in [9.17, 15) is 0 Å². The number of nitrogens with zero attached hydrogens (tertiary/aromatic N) is 1. The summed E-state index contributed by atoms with van der Waals surface area (Å²) in [7, 11) is 3.32. The van der Waals surface area contributed by atoms with E-state index in [1.807, 2.05) is 54.6 Å². The molecule has 0 saturated heterocycles. The molecule has 0 spiro atoms. The molecule has 0 radical (unpaired) electrons. The summed E-state index contributed by atoms with van der Waals surface area (Å²) in [6.07, 6.45) is 1.01. The number of methoxy groups -OCH3 is 2. The Morgan fingerprint density at radius 1 is 0.875 bits per heavy atom. The standard InChI is InChI=1S/C26H25NO5/c1-28-20-8-3-17(4-9-20)15-32-27-26(18-5-10-21(29-2)11-6-18)23-14-22(23)19-7-12-24-25(13-19)31-16-30-24/h3-13,22-23H,14-16H2,1-2H3/b27-26-/t22-,23+/m0/s1. The zero-order valence-corrected chi connectivity index (χ0v) is 18.1. The summed E-state index contributed by atoms with van der Waals surface area (Å²) in [6, 6.07) is 21.9. The number of benzene rings is 3. The van der Waals surface area contributed by atoms with Gasteiger partial charge in [-0.15, -0.1) is 0 Å². The third-order valence-electron chi connectivity index (χ3n) is 5.91. The highest BCUT2D eigenvalue weighted by Gasteiger charge is 2.43. The molecule has 3 aromatic carbocycles. The minimum absolute atomic E-state index is 0.277. The molecule has 0 amide bonds. The lowest BCUT2D eigenvalue weighted by Crippen LogP contribution is -2.07. The van der Waals surface area contributed by atoms with E-state index < -0.39 is 0 Å². The number of fused-ring (bicyclic) bond motifs is 1. The Morgan fingerprint density at radius 3 is 2.28 bits per heavy atom. The summed E-state index contributed by atoms with van der Waals surface area (Å²) >= 11 is 0. The summed E-state index contributed by atoms with van der Waals surface area (Å²) in [5.41, 5.74) is 4.25. The minimum atomic E-state index is 0.277. The van der Waals surface area contributed by atoms with Crippen molar-refractivity contribution in [3.05, 3.63) is 83.4 Å². The molecule has 3 aromatic rings. The number of rotatable bonds is 8. The van der Waals surface area contributed by atoms with E-state index in [2.05, 4.69) is 17.3 Å². The Morgan fingerprint density at radius 2 is 1.56 bits per heavy atom. The molecule has 1 saturated carbocycles. The molecule has 0 aromatic heterocycles. The Bertz CT molecular complexity index is 1110.